The van der Waals surface area contributed by atoms with Gasteiger partial charge in [0.25, 0.3) is 0 Å². The lowest BCUT2D eigenvalue weighted by atomic mass is 9.75. The summed E-state index contributed by atoms with van der Waals surface area (Å²) < 4.78 is 18.4. The number of carbonyl (C=O) groups excluding carboxylic acids is 1. The smallest absolute Gasteiger partial charge is 0.309 e. The number of carboxylic acids is 2. The van der Waals surface area contributed by atoms with E-state index in [2.05, 4.69) is 5.32 Å². The van der Waals surface area contributed by atoms with E-state index in [0.29, 0.717) is 31.4 Å². The Morgan fingerprint density at radius 2 is 1.84 bits per heavy atom. The molecule has 0 unspecified atom stereocenters. The van der Waals surface area contributed by atoms with Gasteiger partial charge in [-0.2, -0.15) is 0 Å². The molecule has 0 spiro atoms. The van der Waals surface area contributed by atoms with Crippen LogP contribution in [0.1, 0.15) is 58.3 Å². The number of carboxylic acid groups (broad SMARTS) is 2. The molecule has 1 fully saturated rings. The average Bonchev–Trinajstić information content (AvgIpc) is 3.18. The minimum absolute atomic E-state index is 0.00485. The Labute approximate surface area is 181 Å². The Morgan fingerprint density at radius 3 is 2.39 bits per heavy atom. The van der Waals surface area contributed by atoms with Gasteiger partial charge in [0.05, 0.1) is 17.8 Å². The lowest BCUT2D eigenvalue weighted by Gasteiger charge is -2.31. The zero-order valence-corrected chi connectivity index (χ0v) is 17.7. The molecule has 1 atom stereocenters. The fraction of sp³-hybridized carbons (Fsp3) is 0.522. The number of rotatable bonds is 12. The second-order valence-electron chi connectivity index (χ2n) is 8.03. The maximum Gasteiger partial charge on any atom is 0.309 e. The number of hydrogen-bond donors (Lipinski definition) is 3. The van der Waals surface area contributed by atoms with Crippen LogP contribution in [-0.4, -0.2) is 34.7 Å². The number of benzene rings is 1. The first-order valence-corrected chi connectivity index (χ1v) is 10.6. The van der Waals surface area contributed by atoms with Crippen LogP contribution in [0.2, 0.25) is 0 Å². The van der Waals surface area contributed by atoms with Gasteiger partial charge in [-0.05, 0) is 56.0 Å². The van der Waals surface area contributed by atoms with E-state index in [1.54, 1.807) is 0 Å². The minimum Gasteiger partial charge on any atom is -0.489 e. The molecule has 8 heteroatoms. The molecule has 0 bridgehead atoms. The molecule has 0 saturated heterocycles. The van der Waals surface area contributed by atoms with Gasteiger partial charge < -0.3 is 20.3 Å². The van der Waals surface area contributed by atoms with Crippen LogP contribution in [-0.2, 0) is 14.4 Å². The molecule has 2 rings (SSSR count). The fourth-order valence-electron chi connectivity index (χ4n) is 4.09. The quantitative estimate of drug-likeness (QED) is 0.455. The molecule has 1 aliphatic carbocycles. The molecular weight excluding hydrogens is 405 g/mol. The third kappa shape index (κ3) is 7.38. The molecule has 7 nitrogen and oxygen atoms in total. The van der Waals surface area contributed by atoms with Crippen LogP contribution < -0.4 is 10.1 Å². The zero-order chi connectivity index (χ0) is 22.9. The van der Waals surface area contributed by atoms with Crippen LogP contribution in [0.5, 0.6) is 5.75 Å². The number of ether oxygens (including phenoxy) is 1. The van der Waals surface area contributed by atoms with E-state index in [1.807, 2.05) is 6.92 Å². The number of carbonyl (C=O) groups is 3. The van der Waals surface area contributed by atoms with Crippen LogP contribution in [0, 0.1) is 17.2 Å². The van der Waals surface area contributed by atoms with E-state index in [9.17, 15) is 29.0 Å². The third-order valence-corrected chi connectivity index (χ3v) is 5.67. The zero-order valence-electron chi connectivity index (χ0n) is 17.7. The van der Waals surface area contributed by atoms with Gasteiger partial charge in [0, 0.05) is 5.70 Å². The summed E-state index contributed by atoms with van der Waals surface area (Å²) >= 11 is 0. The highest BCUT2D eigenvalue weighted by Gasteiger charge is 2.44. The van der Waals surface area contributed by atoms with Gasteiger partial charge in [-0.15, -0.1) is 0 Å². The van der Waals surface area contributed by atoms with Crippen LogP contribution in [0.4, 0.5) is 4.39 Å². The molecule has 1 saturated carbocycles. The Morgan fingerprint density at radius 1 is 1.19 bits per heavy atom. The van der Waals surface area contributed by atoms with Gasteiger partial charge in [-0.1, -0.05) is 26.2 Å². The van der Waals surface area contributed by atoms with Gasteiger partial charge in [0.1, 0.15) is 18.2 Å². The first-order chi connectivity index (χ1) is 14.8. The summed E-state index contributed by atoms with van der Waals surface area (Å²) in [6.45, 7) is 1.90. The monoisotopic (exact) mass is 435 g/mol. The lowest BCUT2D eigenvalue weighted by Crippen LogP contribution is -2.41. The molecule has 0 aliphatic heterocycles. The van der Waals surface area contributed by atoms with Crippen LogP contribution in [0.25, 0.3) is 0 Å². The largest absolute Gasteiger partial charge is 0.489 e. The molecule has 1 amide bonds. The first-order valence-electron chi connectivity index (χ1n) is 10.6. The van der Waals surface area contributed by atoms with Gasteiger partial charge in [0.2, 0.25) is 5.91 Å². The maximum absolute atomic E-state index is 13.2. The van der Waals surface area contributed by atoms with Gasteiger partial charge in [-0.3, -0.25) is 14.4 Å². The van der Waals surface area contributed by atoms with Crippen molar-refractivity contribution in [2.75, 3.05) is 6.61 Å². The van der Waals surface area contributed by atoms with Crippen molar-refractivity contribution in [1.82, 2.24) is 5.32 Å². The molecular formula is C23H30FNO6. The highest BCUT2D eigenvalue weighted by molar-refractivity contribution is 5.86. The number of amides is 1. The van der Waals surface area contributed by atoms with E-state index in [0.717, 1.165) is 12.8 Å². The Bertz CT molecular complexity index is 799. The molecule has 0 aromatic heterocycles. The molecule has 3 N–H and O–H groups in total. The normalized spacial score (nSPS) is 16.5. The fourth-order valence-corrected chi connectivity index (χ4v) is 4.09. The first kappa shape index (κ1) is 24.4. The third-order valence-electron chi connectivity index (χ3n) is 5.67. The molecule has 0 radical (unpaired) electrons. The van der Waals surface area contributed by atoms with Crippen molar-refractivity contribution in [3.8, 4) is 5.75 Å². The maximum atomic E-state index is 13.2. The van der Waals surface area contributed by atoms with E-state index < -0.39 is 35.5 Å². The lowest BCUT2D eigenvalue weighted by molar-refractivity contribution is -0.144. The molecule has 31 heavy (non-hydrogen) atoms. The van der Waals surface area contributed by atoms with E-state index in [4.69, 9.17) is 4.74 Å². The summed E-state index contributed by atoms with van der Waals surface area (Å²) in [5.74, 6) is -2.94. The Kier molecular flexibility index (Phi) is 9.03. The summed E-state index contributed by atoms with van der Waals surface area (Å²) in [6.07, 6.45) is 5.35. The van der Waals surface area contributed by atoms with Crippen molar-refractivity contribution in [3.63, 3.8) is 0 Å². The summed E-state index contributed by atoms with van der Waals surface area (Å²) in [6, 6.07) is 5.40. The number of aliphatic carboxylic acids is 2. The molecule has 1 aliphatic rings. The second kappa shape index (κ2) is 11.5. The Balaban J connectivity index is 2.11. The van der Waals surface area contributed by atoms with Gasteiger partial charge >= 0.3 is 11.9 Å². The van der Waals surface area contributed by atoms with Gasteiger partial charge in [-0.25, -0.2) is 4.39 Å². The summed E-state index contributed by atoms with van der Waals surface area (Å²) in [7, 11) is 0. The highest BCUT2D eigenvalue weighted by atomic mass is 19.1. The van der Waals surface area contributed by atoms with Crippen molar-refractivity contribution in [2.45, 2.75) is 58.3 Å². The predicted octanol–water partition coefficient (Wildman–Crippen LogP) is 4.13. The molecule has 1 aromatic carbocycles. The molecule has 1 aromatic rings. The Hall–Kier alpha value is -2.90. The number of nitrogens with one attached hydrogen (secondary N) is 1. The predicted molar refractivity (Wildman–Crippen MR) is 112 cm³/mol. The van der Waals surface area contributed by atoms with Crippen molar-refractivity contribution in [1.29, 1.82) is 0 Å². The van der Waals surface area contributed by atoms with Crippen LogP contribution in [0.3, 0.4) is 0 Å². The van der Waals surface area contributed by atoms with E-state index >= 15 is 0 Å². The van der Waals surface area contributed by atoms with Gasteiger partial charge in [0.15, 0.2) is 0 Å². The highest BCUT2D eigenvalue weighted by Crippen LogP contribution is 2.44. The van der Waals surface area contributed by atoms with Crippen molar-refractivity contribution < 1.29 is 33.7 Å². The van der Waals surface area contributed by atoms with E-state index in [1.165, 1.54) is 30.3 Å². The summed E-state index contributed by atoms with van der Waals surface area (Å²) in [4.78, 5) is 36.1. The van der Waals surface area contributed by atoms with Crippen LogP contribution >= 0.6 is 0 Å². The number of hydrogen-bond acceptors (Lipinski definition) is 4. The summed E-state index contributed by atoms with van der Waals surface area (Å²) in [5, 5.41) is 21.5. The van der Waals surface area contributed by atoms with Crippen molar-refractivity contribution in [3.05, 3.63) is 41.9 Å². The van der Waals surface area contributed by atoms with E-state index in [-0.39, 0.29) is 24.6 Å². The minimum atomic E-state index is -1.11. The second-order valence-corrected chi connectivity index (χ2v) is 8.03. The average molecular weight is 435 g/mol. The molecule has 170 valence electrons. The van der Waals surface area contributed by atoms with Crippen molar-refractivity contribution >= 4 is 17.8 Å². The summed E-state index contributed by atoms with van der Waals surface area (Å²) in [5.41, 5.74) is -0.624. The SMILES string of the molecule is CCC[C@H](CC1(C(=O)N/C(=C\COc2ccc(F)cc2)CC(=O)O)CCCC1)C(=O)O. The van der Waals surface area contributed by atoms with Crippen molar-refractivity contribution in [2.24, 2.45) is 11.3 Å². The molecule has 0 heterocycles. The standard InChI is InChI=1S/C23H30FNO6/c1-2-5-16(21(28)29)15-23(11-3-4-12-23)22(30)25-18(14-20(26)27)10-13-31-19-8-6-17(24)7-9-19/h6-10,16H,2-5,11-15H2,1H3,(H,25,30)(H,26,27)(H,28,29)/b18-10-/t16-/m1/s1. The van der Waals surface area contributed by atoms with Crippen LogP contribution in [0.15, 0.2) is 36.0 Å². The number of halogens is 1. The topological polar surface area (TPSA) is 113 Å².